The van der Waals surface area contributed by atoms with E-state index in [-0.39, 0.29) is 10.6 Å². The van der Waals surface area contributed by atoms with Crippen molar-refractivity contribution < 1.29 is 4.74 Å². The first-order chi connectivity index (χ1) is 11.2. The number of pyridine rings is 2. The fraction of sp³-hybridized carbons (Fsp3) is 0.118. The van der Waals surface area contributed by atoms with Crippen LogP contribution in [0.1, 0.15) is 11.1 Å². The normalized spacial score (nSPS) is 10.5. The highest BCUT2D eigenvalue weighted by Gasteiger charge is 2.16. The van der Waals surface area contributed by atoms with Crippen molar-refractivity contribution in [2.24, 2.45) is 0 Å². The molecule has 0 spiro atoms. The van der Waals surface area contributed by atoms with E-state index < -0.39 is 5.56 Å². The molecule has 0 atom stereocenters. The molecule has 5 nitrogen and oxygen atoms in total. The fourth-order valence-corrected chi connectivity index (χ4v) is 2.68. The topological polar surface area (TPSA) is 67.9 Å². The Morgan fingerprint density at radius 1 is 1.30 bits per heavy atom. The lowest BCUT2D eigenvalue weighted by atomic mass is 10.2. The summed E-state index contributed by atoms with van der Waals surface area (Å²) in [7, 11) is 1.59. The minimum atomic E-state index is -0.422. The second-order valence-electron chi connectivity index (χ2n) is 4.91. The van der Waals surface area contributed by atoms with Crippen LogP contribution in [0.25, 0.3) is 11.0 Å². The number of fused-ring (bicyclic) bond motifs is 1. The molecule has 3 rings (SSSR count). The van der Waals surface area contributed by atoms with Crippen LogP contribution < -0.4 is 10.3 Å². The molecular formula is C17H12ClN3O2. The average Bonchev–Trinajstić information content (AvgIpc) is 2.59. The zero-order valence-corrected chi connectivity index (χ0v) is 13.0. The molecule has 0 aliphatic rings. The van der Waals surface area contributed by atoms with E-state index in [0.717, 1.165) is 11.3 Å². The molecule has 0 saturated heterocycles. The summed E-state index contributed by atoms with van der Waals surface area (Å²) in [5, 5.41) is 9.32. The van der Waals surface area contributed by atoms with Gasteiger partial charge < -0.3 is 9.30 Å². The summed E-state index contributed by atoms with van der Waals surface area (Å²) in [6.45, 7) is 0.316. The lowest BCUT2D eigenvalue weighted by molar-refractivity contribution is 0.414. The monoisotopic (exact) mass is 325 g/mol. The first-order valence-corrected chi connectivity index (χ1v) is 7.23. The molecule has 0 saturated carbocycles. The predicted octanol–water partition coefficient (Wildman–Crippen LogP) is 2.98. The highest BCUT2D eigenvalue weighted by molar-refractivity contribution is 6.36. The average molecular weight is 326 g/mol. The van der Waals surface area contributed by atoms with E-state index in [9.17, 15) is 10.1 Å². The summed E-state index contributed by atoms with van der Waals surface area (Å²) in [5.74, 6) is 0.737. The Kier molecular flexibility index (Phi) is 4.00. The predicted molar refractivity (Wildman–Crippen MR) is 87.8 cm³/mol. The van der Waals surface area contributed by atoms with E-state index in [2.05, 4.69) is 4.98 Å². The number of methoxy groups -OCH3 is 1. The Labute approximate surface area is 137 Å². The summed E-state index contributed by atoms with van der Waals surface area (Å²) < 4.78 is 6.64. The van der Waals surface area contributed by atoms with Crippen molar-refractivity contribution >= 4 is 22.6 Å². The Morgan fingerprint density at radius 2 is 2.04 bits per heavy atom. The maximum atomic E-state index is 12.6. The number of nitriles is 1. The number of hydrogen-bond donors (Lipinski definition) is 0. The van der Waals surface area contributed by atoms with Crippen molar-refractivity contribution in [3.8, 4) is 11.8 Å². The molecule has 114 valence electrons. The van der Waals surface area contributed by atoms with Gasteiger partial charge in [0.05, 0.1) is 24.2 Å². The van der Waals surface area contributed by atoms with Crippen molar-refractivity contribution in [1.29, 1.82) is 5.26 Å². The summed E-state index contributed by atoms with van der Waals surface area (Å²) in [4.78, 5) is 16.8. The molecular weight excluding hydrogens is 314 g/mol. The quantitative estimate of drug-likeness (QED) is 0.742. The molecule has 6 heteroatoms. The molecule has 0 N–H and O–H groups in total. The number of nitrogens with zero attached hydrogens (tertiary/aromatic N) is 3. The van der Waals surface area contributed by atoms with Gasteiger partial charge in [0.25, 0.3) is 5.56 Å². The molecule has 0 amide bonds. The van der Waals surface area contributed by atoms with Crippen LogP contribution in [0.3, 0.4) is 0 Å². The van der Waals surface area contributed by atoms with E-state index in [1.165, 1.54) is 4.57 Å². The minimum absolute atomic E-state index is 0.0913. The highest BCUT2D eigenvalue weighted by atomic mass is 35.5. The molecule has 23 heavy (non-hydrogen) atoms. The maximum Gasteiger partial charge on any atom is 0.270 e. The van der Waals surface area contributed by atoms with Crippen molar-refractivity contribution in [2.75, 3.05) is 7.11 Å². The number of aromatic nitrogens is 2. The second-order valence-corrected chi connectivity index (χ2v) is 5.29. The first kappa shape index (κ1) is 15.1. The van der Waals surface area contributed by atoms with Gasteiger partial charge in [-0.25, -0.2) is 0 Å². The molecule has 3 aromatic rings. The van der Waals surface area contributed by atoms with Crippen molar-refractivity contribution in [3.63, 3.8) is 0 Å². The van der Waals surface area contributed by atoms with Gasteiger partial charge in [-0.15, -0.1) is 0 Å². The van der Waals surface area contributed by atoms with Crippen molar-refractivity contribution in [2.45, 2.75) is 6.54 Å². The summed E-state index contributed by atoms with van der Waals surface area (Å²) >= 11 is 6.15. The van der Waals surface area contributed by atoms with Crippen LogP contribution in [0.15, 0.2) is 47.4 Å². The molecule has 1 aromatic carbocycles. The van der Waals surface area contributed by atoms with Crippen LogP contribution in [0.4, 0.5) is 0 Å². The molecule has 0 bridgehead atoms. The molecule has 0 unspecified atom stereocenters. The lowest BCUT2D eigenvalue weighted by Crippen LogP contribution is -2.24. The Morgan fingerprint density at radius 3 is 2.70 bits per heavy atom. The van der Waals surface area contributed by atoms with E-state index in [0.29, 0.717) is 17.6 Å². The smallest absolute Gasteiger partial charge is 0.270 e. The zero-order valence-electron chi connectivity index (χ0n) is 12.3. The minimum Gasteiger partial charge on any atom is -0.497 e. The van der Waals surface area contributed by atoms with E-state index in [1.54, 1.807) is 25.4 Å². The Hall–Kier alpha value is -2.84. The zero-order chi connectivity index (χ0) is 16.4. The number of benzene rings is 1. The van der Waals surface area contributed by atoms with Crippen molar-refractivity contribution in [1.82, 2.24) is 9.55 Å². The highest BCUT2D eigenvalue weighted by Crippen LogP contribution is 2.23. The fourth-order valence-electron chi connectivity index (χ4n) is 2.41. The third kappa shape index (κ3) is 2.65. The van der Waals surface area contributed by atoms with Gasteiger partial charge in [-0.05, 0) is 29.8 Å². The number of hydrogen-bond acceptors (Lipinski definition) is 4. The number of rotatable bonds is 3. The largest absolute Gasteiger partial charge is 0.497 e. The van der Waals surface area contributed by atoms with E-state index in [4.69, 9.17) is 16.3 Å². The third-order valence-electron chi connectivity index (χ3n) is 3.58. The van der Waals surface area contributed by atoms with Crippen LogP contribution in [-0.2, 0) is 6.54 Å². The molecule has 0 radical (unpaired) electrons. The number of ether oxygens (including phenoxy) is 1. The van der Waals surface area contributed by atoms with Crippen LogP contribution in [-0.4, -0.2) is 16.7 Å². The molecule has 2 heterocycles. The van der Waals surface area contributed by atoms with Gasteiger partial charge in [0.15, 0.2) is 0 Å². The van der Waals surface area contributed by atoms with Gasteiger partial charge in [0, 0.05) is 6.20 Å². The van der Waals surface area contributed by atoms with Gasteiger partial charge in [-0.2, -0.15) is 5.26 Å². The van der Waals surface area contributed by atoms with E-state index >= 15 is 0 Å². The molecule has 0 aliphatic carbocycles. The SMILES string of the molecule is COc1ccc(Cn2c(=O)c(C#N)c(Cl)c3ncccc32)cc1. The van der Waals surface area contributed by atoms with E-state index in [1.807, 2.05) is 30.3 Å². The van der Waals surface area contributed by atoms with Gasteiger partial charge in [-0.1, -0.05) is 23.7 Å². The maximum absolute atomic E-state index is 12.6. The van der Waals surface area contributed by atoms with Gasteiger partial charge in [-0.3, -0.25) is 9.78 Å². The standard InChI is InChI=1S/C17H12ClN3O2/c1-23-12-6-4-11(5-7-12)10-21-14-3-2-8-20-16(14)15(18)13(9-19)17(21)22/h2-8H,10H2,1H3. The van der Waals surface area contributed by atoms with Crippen molar-refractivity contribution in [3.05, 3.63) is 69.1 Å². The Balaban J connectivity index is 2.20. The van der Waals surface area contributed by atoms with Crippen LogP contribution in [0.5, 0.6) is 5.75 Å². The van der Waals surface area contributed by atoms with Gasteiger partial charge >= 0.3 is 0 Å². The summed E-state index contributed by atoms with van der Waals surface area (Å²) in [6, 6.07) is 12.8. The molecule has 0 fully saturated rings. The molecule has 2 aromatic heterocycles. The second kappa shape index (κ2) is 6.11. The van der Waals surface area contributed by atoms with Gasteiger partial charge in [0.2, 0.25) is 0 Å². The summed E-state index contributed by atoms with van der Waals surface area (Å²) in [6.07, 6.45) is 1.58. The van der Waals surface area contributed by atoms with Crippen LogP contribution >= 0.6 is 11.6 Å². The lowest BCUT2D eigenvalue weighted by Gasteiger charge is -2.12. The molecule has 0 aliphatic heterocycles. The van der Waals surface area contributed by atoms with Crippen LogP contribution in [0, 0.1) is 11.3 Å². The Bertz CT molecular complexity index is 972. The van der Waals surface area contributed by atoms with Gasteiger partial charge in [0.1, 0.15) is 22.9 Å². The third-order valence-corrected chi connectivity index (χ3v) is 3.94. The first-order valence-electron chi connectivity index (χ1n) is 6.85. The summed E-state index contributed by atoms with van der Waals surface area (Å²) in [5.41, 5.74) is 1.43. The number of halogens is 1. The van der Waals surface area contributed by atoms with Crippen LogP contribution in [0.2, 0.25) is 5.02 Å².